The number of nitrogens with one attached hydrogen (secondary N) is 1. The summed E-state index contributed by atoms with van der Waals surface area (Å²) in [5.41, 5.74) is 3.62. The molecule has 0 unspecified atom stereocenters. The standard InChI is InChI=1S/C27H28F2N6OS/c1-17(2)35-16-30-24(18-4-6-19(28)7-5-18)25(35)23-15-37-27(32-23)26(36)31-22-9-8-20(14-21(22)29)34-12-10-33(3)11-13-34/h4-9,14-17H,10-13H2,1-3H3,(H,31,36). The van der Waals surface area contributed by atoms with Gasteiger partial charge in [-0.3, -0.25) is 4.79 Å². The first-order chi connectivity index (χ1) is 17.8. The summed E-state index contributed by atoms with van der Waals surface area (Å²) in [5, 5.41) is 4.65. The van der Waals surface area contributed by atoms with E-state index in [9.17, 15) is 13.6 Å². The molecule has 0 bridgehead atoms. The number of imidazole rings is 1. The van der Waals surface area contributed by atoms with E-state index in [1.165, 1.54) is 29.5 Å². The second-order valence-electron chi connectivity index (χ2n) is 9.40. The van der Waals surface area contributed by atoms with Crippen LogP contribution in [0.25, 0.3) is 22.6 Å². The Kier molecular flexibility index (Phi) is 7.03. The van der Waals surface area contributed by atoms with Crippen LogP contribution in [0.1, 0.15) is 29.7 Å². The van der Waals surface area contributed by atoms with Crippen LogP contribution in [0, 0.1) is 11.6 Å². The number of piperazine rings is 1. The summed E-state index contributed by atoms with van der Waals surface area (Å²) in [7, 11) is 2.07. The summed E-state index contributed by atoms with van der Waals surface area (Å²) in [4.78, 5) is 26.5. The maximum Gasteiger partial charge on any atom is 0.284 e. The van der Waals surface area contributed by atoms with Crippen molar-refractivity contribution in [1.29, 1.82) is 0 Å². The molecule has 192 valence electrons. The molecule has 10 heteroatoms. The van der Waals surface area contributed by atoms with E-state index < -0.39 is 11.7 Å². The number of thiazole rings is 1. The van der Waals surface area contributed by atoms with Gasteiger partial charge in [0.15, 0.2) is 5.01 Å². The van der Waals surface area contributed by atoms with Crippen molar-refractivity contribution in [2.24, 2.45) is 0 Å². The van der Waals surface area contributed by atoms with E-state index in [1.54, 1.807) is 29.9 Å². The van der Waals surface area contributed by atoms with Crippen molar-refractivity contribution in [3.05, 3.63) is 70.8 Å². The number of aromatic nitrogens is 3. The Morgan fingerprint density at radius 1 is 1.05 bits per heavy atom. The minimum absolute atomic E-state index is 0.0867. The Bertz CT molecular complexity index is 1410. The van der Waals surface area contributed by atoms with E-state index >= 15 is 0 Å². The average molecular weight is 523 g/mol. The molecular weight excluding hydrogens is 494 g/mol. The van der Waals surface area contributed by atoms with Crippen LogP contribution in [-0.4, -0.2) is 58.6 Å². The number of carbonyl (C=O) groups excluding carboxylic acids is 1. The number of hydrogen-bond acceptors (Lipinski definition) is 6. The second-order valence-corrected chi connectivity index (χ2v) is 10.3. The number of likely N-dealkylation sites (N-methyl/N-ethyl adjacent to an activating group) is 1. The van der Waals surface area contributed by atoms with E-state index in [1.807, 2.05) is 24.5 Å². The van der Waals surface area contributed by atoms with Crippen molar-refractivity contribution in [1.82, 2.24) is 19.4 Å². The number of amides is 1. The minimum atomic E-state index is -0.488. The van der Waals surface area contributed by atoms with E-state index in [2.05, 4.69) is 32.1 Å². The predicted molar refractivity (Wildman–Crippen MR) is 143 cm³/mol. The lowest BCUT2D eigenvalue weighted by Crippen LogP contribution is -2.44. The fraction of sp³-hybridized carbons (Fsp3) is 0.296. The van der Waals surface area contributed by atoms with Crippen molar-refractivity contribution < 1.29 is 13.6 Å². The van der Waals surface area contributed by atoms with Crippen LogP contribution in [0.4, 0.5) is 20.2 Å². The van der Waals surface area contributed by atoms with Gasteiger partial charge in [0, 0.05) is 48.9 Å². The third kappa shape index (κ3) is 5.26. The highest BCUT2D eigenvalue weighted by Crippen LogP contribution is 2.34. The number of anilines is 2. The highest BCUT2D eigenvalue weighted by molar-refractivity contribution is 7.12. The summed E-state index contributed by atoms with van der Waals surface area (Å²) in [5.74, 6) is -1.30. The zero-order valence-electron chi connectivity index (χ0n) is 20.9. The molecule has 1 aliphatic rings. The van der Waals surface area contributed by atoms with Gasteiger partial charge in [-0.15, -0.1) is 11.3 Å². The van der Waals surface area contributed by atoms with Gasteiger partial charge < -0.3 is 19.7 Å². The summed E-state index contributed by atoms with van der Waals surface area (Å²) in [6.07, 6.45) is 1.72. The Morgan fingerprint density at radius 3 is 2.46 bits per heavy atom. The van der Waals surface area contributed by atoms with Crippen LogP contribution in [0.5, 0.6) is 0 Å². The lowest BCUT2D eigenvalue weighted by atomic mass is 10.1. The predicted octanol–water partition coefficient (Wildman–Crippen LogP) is 5.54. The molecule has 3 heterocycles. The molecule has 0 atom stereocenters. The van der Waals surface area contributed by atoms with Crippen molar-refractivity contribution in [2.45, 2.75) is 19.9 Å². The first kappa shape index (κ1) is 25.0. The Morgan fingerprint density at radius 2 is 1.78 bits per heavy atom. The molecule has 1 fully saturated rings. The molecule has 1 aliphatic heterocycles. The van der Waals surface area contributed by atoms with Crippen LogP contribution in [-0.2, 0) is 0 Å². The van der Waals surface area contributed by atoms with Gasteiger partial charge in [-0.1, -0.05) is 0 Å². The normalized spacial score (nSPS) is 14.4. The largest absolute Gasteiger partial charge is 0.369 e. The van der Waals surface area contributed by atoms with Crippen molar-refractivity contribution >= 4 is 28.6 Å². The highest BCUT2D eigenvalue weighted by Gasteiger charge is 2.22. The monoisotopic (exact) mass is 522 g/mol. The number of halogens is 2. The maximum atomic E-state index is 14.9. The molecular formula is C27H28F2N6OS. The lowest BCUT2D eigenvalue weighted by Gasteiger charge is -2.34. The Hall–Kier alpha value is -3.63. The molecule has 0 radical (unpaired) electrons. The van der Waals surface area contributed by atoms with Gasteiger partial charge in [-0.25, -0.2) is 18.7 Å². The lowest BCUT2D eigenvalue weighted by molar-refractivity contribution is 0.102. The average Bonchev–Trinajstić information content (AvgIpc) is 3.54. The fourth-order valence-electron chi connectivity index (χ4n) is 4.35. The van der Waals surface area contributed by atoms with Gasteiger partial charge in [0.05, 0.1) is 23.4 Å². The smallest absolute Gasteiger partial charge is 0.284 e. The number of nitrogens with zero attached hydrogens (tertiary/aromatic N) is 5. The van der Waals surface area contributed by atoms with E-state index in [0.29, 0.717) is 11.4 Å². The van der Waals surface area contributed by atoms with Crippen LogP contribution in [0.15, 0.2) is 54.2 Å². The fourth-order valence-corrected chi connectivity index (χ4v) is 5.05. The van der Waals surface area contributed by atoms with E-state index in [0.717, 1.165) is 43.1 Å². The quantitative estimate of drug-likeness (QED) is 0.360. The summed E-state index contributed by atoms with van der Waals surface area (Å²) in [6.45, 7) is 7.55. The molecule has 2 aromatic heterocycles. The maximum absolute atomic E-state index is 14.9. The zero-order valence-corrected chi connectivity index (χ0v) is 21.7. The topological polar surface area (TPSA) is 66.3 Å². The molecule has 37 heavy (non-hydrogen) atoms. The molecule has 5 rings (SSSR count). The zero-order chi connectivity index (χ0) is 26.1. The van der Waals surface area contributed by atoms with Crippen molar-refractivity contribution in [3.63, 3.8) is 0 Å². The summed E-state index contributed by atoms with van der Waals surface area (Å²) in [6, 6.07) is 11.1. The number of benzene rings is 2. The number of carbonyl (C=O) groups is 1. The summed E-state index contributed by atoms with van der Waals surface area (Å²) < 4.78 is 30.3. The van der Waals surface area contributed by atoms with Gasteiger partial charge >= 0.3 is 0 Å². The number of hydrogen-bond donors (Lipinski definition) is 1. The molecule has 0 spiro atoms. The molecule has 0 aliphatic carbocycles. The van der Waals surface area contributed by atoms with Crippen LogP contribution in [0.2, 0.25) is 0 Å². The summed E-state index contributed by atoms with van der Waals surface area (Å²) >= 11 is 1.17. The number of rotatable bonds is 6. The van der Waals surface area contributed by atoms with Crippen molar-refractivity contribution in [2.75, 3.05) is 43.4 Å². The van der Waals surface area contributed by atoms with Crippen molar-refractivity contribution in [3.8, 4) is 22.6 Å². The van der Waals surface area contributed by atoms with Crippen LogP contribution < -0.4 is 10.2 Å². The highest BCUT2D eigenvalue weighted by atomic mass is 32.1. The minimum Gasteiger partial charge on any atom is -0.369 e. The van der Waals surface area contributed by atoms with Crippen LogP contribution >= 0.6 is 11.3 Å². The third-order valence-electron chi connectivity index (χ3n) is 6.48. The van der Waals surface area contributed by atoms with Gasteiger partial charge in [0.25, 0.3) is 5.91 Å². The molecule has 2 aromatic carbocycles. The SMILES string of the molecule is CC(C)n1cnc(-c2ccc(F)cc2)c1-c1csc(C(=O)Nc2ccc(N3CCN(C)CC3)cc2F)n1. The second kappa shape index (κ2) is 10.4. The first-order valence-electron chi connectivity index (χ1n) is 12.1. The van der Waals surface area contributed by atoms with E-state index in [-0.39, 0.29) is 22.6 Å². The van der Waals surface area contributed by atoms with Gasteiger partial charge in [-0.05, 0) is 63.4 Å². The van der Waals surface area contributed by atoms with E-state index in [4.69, 9.17) is 0 Å². The van der Waals surface area contributed by atoms with Gasteiger partial charge in [-0.2, -0.15) is 0 Å². The van der Waals surface area contributed by atoms with Crippen LogP contribution in [0.3, 0.4) is 0 Å². The Balaban J connectivity index is 1.37. The Labute approximate surface area is 218 Å². The third-order valence-corrected chi connectivity index (χ3v) is 7.32. The molecule has 0 saturated carbocycles. The molecule has 7 nitrogen and oxygen atoms in total. The molecule has 4 aromatic rings. The van der Waals surface area contributed by atoms with Gasteiger partial charge in [0.1, 0.15) is 17.3 Å². The molecule has 1 N–H and O–H groups in total. The molecule has 1 saturated heterocycles. The first-order valence-corrected chi connectivity index (χ1v) is 13.0. The van der Waals surface area contributed by atoms with Gasteiger partial charge in [0.2, 0.25) is 0 Å². The molecule has 1 amide bonds.